The van der Waals surface area contributed by atoms with Gasteiger partial charge in [-0.05, 0) is 38.0 Å². The van der Waals surface area contributed by atoms with Gasteiger partial charge < -0.3 is 9.72 Å². The second kappa shape index (κ2) is 5.56. The maximum atomic E-state index is 5.94. The highest BCUT2D eigenvalue weighted by Gasteiger charge is 2.15. The maximum absolute atomic E-state index is 5.94. The lowest BCUT2D eigenvalue weighted by Gasteiger charge is -2.08. The van der Waals surface area contributed by atoms with E-state index < -0.39 is 0 Å². The van der Waals surface area contributed by atoms with Crippen LogP contribution in [0.4, 0.5) is 0 Å². The number of fused-ring (bicyclic) bond motifs is 1. The van der Waals surface area contributed by atoms with Gasteiger partial charge in [0.1, 0.15) is 17.1 Å². The van der Waals surface area contributed by atoms with Crippen LogP contribution in [0.1, 0.15) is 30.4 Å². The van der Waals surface area contributed by atoms with Crippen molar-refractivity contribution in [3.05, 3.63) is 47.4 Å². The van der Waals surface area contributed by atoms with Gasteiger partial charge in [-0.1, -0.05) is 25.1 Å². The minimum Gasteiger partial charge on any atom is -0.437 e. The van der Waals surface area contributed by atoms with Crippen LogP contribution in [0, 0.1) is 13.8 Å². The SMILES string of the molecule is CCCc1nc2c(C)c(C)nc(Oc3ccccc3)c2[nH]1. The first-order chi connectivity index (χ1) is 10.2. The maximum Gasteiger partial charge on any atom is 0.245 e. The van der Waals surface area contributed by atoms with Gasteiger partial charge in [-0.2, -0.15) is 0 Å². The highest BCUT2D eigenvalue weighted by molar-refractivity contribution is 5.84. The normalized spacial score (nSPS) is 11.0. The smallest absolute Gasteiger partial charge is 0.245 e. The van der Waals surface area contributed by atoms with Crippen molar-refractivity contribution in [2.75, 3.05) is 0 Å². The van der Waals surface area contributed by atoms with Gasteiger partial charge in [-0.3, -0.25) is 0 Å². The van der Waals surface area contributed by atoms with Gasteiger partial charge in [0, 0.05) is 12.1 Å². The molecule has 0 fully saturated rings. The predicted octanol–water partition coefficient (Wildman–Crippen LogP) is 4.32. The van der Waals surface area contributed by atoms with Crippen molar-refractivity contribution in [3.8, 4) is 11.6 Å². The summed E-state index contributed by atoms with van der Waals surface area (Å²) in [5.74, 6) is 2.36. The summed E-state index contributed by atoms with van der Waals surface area (Å²) in [6, 6.07) is 9.70. The van der Waals surface area contributed by atoms with Gasteiger partial charge in [-0.25, -0.2) is 9.97 Å². The van der Waals surface area contributed by atoms with E-state index >= 15 is 0 Å². The van der Waals surface area contributed by atoms with E-state index in [1.807, 2.05) is 44.2 Å². The number of pyridine rings is 1. The molecule has 3 rings (SSSR count). The molecule has 0 bridgehead atoms. The minimum atomic E-state index is 0.592. The van der Waals surface area contributed by atoms with E-state index in [9.17, 15) is 0 Å². The Morgan fingerprint density at radius 3 is 2.57 bits per heavy atom. The zero-order chi connectivity index (χ0) is 14.8. The molecule has 4 heteroatoms. The number of aryl methyl sites for hydroxylation is 3. The highest BCUT2D eigenvalue weighted by Crippen LogP contribution is 2.30. The number of ether oxygens (including phenoxy) is 1. The number of hydrogen-bond acceptors (Lipinski definition) is 3. The van der Waals surface area contributed by atoms with E-state index in [0.29, 0.717) is 5.88 Å². The zero-order valence-corrected chi connectivity index (χ0v) is 12.6. The minimum absolute atomic E-state index is 0.592. The Balaban J connectivity index is 2.11. The number of nitrogens with one attached hydrogen (secondary N) is 1. The molecule has 2 aromatic heterocycles. The molecule has 0 radical (unpaired) electrons. The molecule has 2 heterocycles. The molecule has 0 saturated heterocycles. The van der Waals surface area contributed by atoms with Gasteiger partial charge in [0.25, 0.3) is 0 Å². The quantitative estimate of drug-likeness (QED) is 0.774. The predicted molar refractivity (Wildman–Crippen MR) is 83.9 cm³/mol. The summed E-state index contributed by atoms with van der Waals surface area (Å²) in [5.41, 5.74) is 3.88. The average Bonchev–Trinajstić information content (AvgIpc) is 2.90. The number of aromatic amines is 1. The molecule has 0 unspecified atom stereocenters. The molecule has 4 nitrogen and oxygen atoms in total. The first-order valence-electron chi connectivity index (χ1n) is 7.27. The molecular formula is C17H19N3O. The van der Waals surface area contributed by atoms with Crippen molar-refractivity contribution >= 4 is 11.0 Å². The summed E-state index contributed by atoms with van der Waals surface area (Å²) in [6.07, 6.45) is 1.98. The topological polar surface area (TPSA) is 50.8 Å². The van der Waals surface area contributed by atoms with Crippen LogP contribution in [0.3, 0.4) is 0 Å². The van der Waals surface area contributed by atoms with E-state index in [0.717, 1.165) is 46.7 Å². The van der Waals surface area contributed by atoms with Crippen molar-refractivity contribution in [1.29, 1.82) is 0 Å². The van der Waals surface area contributed by atoms with Crippen LogP contribution in [-0.2, 0) is 6.42 Å². The van der Waals surface area contributed by atoms with Crippen molar-refractivity contribution in [1.82, 2.24) is 15.0 Å². The monoisotopic (exact) mass is 281 g/mol. The van der Waals surface area contributed by atoms with Crippen molar-refractivity contribution < 1.29 is 4.74 Å². The number of benzene rings is 1. The molecule has 21 heavy (non-hydrogen) atoms. The Morgan fingerprint density at radius 2 is 1.86 bits per heavy atom. The molecule has 0 aliphatic carbocycles. The number of rotatable bonds is 4. The second-order valence-corrected chi connectivity index (χ2v) is 5.20. The van der Waals surface area contributed by atoms with Crippen molar-refractivity contribution in [3.63, 3.8) is 0 Å². The molecule has 0 saturated carbocycles. The number of para-hydroxylation sites is 1. The first kappa shape index (κ1) is 13.6. The van der Waals surface area contributed by atoms with E-state index in [4.69, 9.17) is 4.74 Å². The Bertz CT molecular complexity index is 763. The van der Waals surface area contributed by atoms with Crippen LogP contribution < -0.4 is 4.74 Å². The van der Waals surface area contributed by atoms with E-state index in [1.54, 1.807) is 0 Å². The van der Waals surface area contributed by atoms with Crippen LogP contribution in [0.15, 0.2) is 30.3 Å². The summed E-state index contributed by atoms with van der Waals surface area (Å²) in [7, 11) is 0. The van der Waals surface area contributed by atoms with Crippen molar-refractivity contribution in [2.24, 2.45) is 0 Å². The van der Waals surface area contributed by atoms with E-state index in [-0.39, 0.29) is 0 Å². The molecule has 0 aliphatic rings. The molecular weight excluding hydrogens is 262 g/mol. The average molecular weight is 281 g/mol. The molecule has 1 aromatic carbocycles. The summed E-state index contributed by atoms with van der Waals surface area (Å²) < 4.78 is 5.94. The van der Waals surface area contributed by atoms with Crippen LogP contribution in [-0.4, -0.2) is 15.0 Å². The fraction of sp³-hybridized carbons (Fsp3) is 0.294. The van der Waals surface area contributed by atoms with Crippen molar-refractivity contribution in [2.45, 2.75) is 33.6 Å². The lowest BCUT2D eigenvalue weighted by atomic mass is 10.2. The molecule has 1 N–H and O–H groups in total. The Labute approximate surface area is 124 Å². The molecule has 0 amide bonds. The third-order valence-electron chi connectivity index (χ3n) is 3.58. The summed E-state index contributed by atoms with van der Waals surface area (Å²) in [5, 5.41) is 0. The number of H-pyrrole nitrogens is 1. The lowest BCUT2D eigenvalue weighted by Crippen LogP contribution is -1.95. The van der Waals surface area contributed by atoms with Gasteiger partial charge in [0.2, 0.25) is 5.88 Å². The summed E-state index contributed by atoms with van der Waals surface area (Å²) >= 11 is 0. The second-order valence-electron chi connectivity index (χ2n) is 5.20. The van der Waals surface area contributed by atoms with E-state index in [1.165, 1.54) is 0 Å². The van der Waals surface area contributed by atoms with E-state index in [2.05, 4.69) is 21.9 Å². The number of hydrogen-bond donors (Lipinski definition) is 1. The first-order valence-corrected chi connectivity index (χ1v) is 7.27. The fourth-order valence-corrected chi connectivity index (χ4v) is 2.34. The molecule has 0 atom stereocenters. The van der Waals surface area contributed by atoms with Gasteiger partial charge in [-0.15, -0.1) is 0 Å². The number of imidazole rings is 1. The zero-order valence-electron chi connectivity index (χ0n) is 12.6. The van der Waals surface area contributed by atoms with Crippen LogP contribution in [0.2, 0.25) is 0 Å². The number of aromatic nitrogens is 3. The van der Waals surface area contributed by atoms with Crippen LogP contribution in [0.5, 0.6) is 11.6 Å². The Kier molecular flexibility index (Phi) is 3.60. The largest absolute Gasteiger partial charge is 0.437 e. The summed E-state index contributed by atoms with van der Waals surface area (Å²) in [4.78, 5) is 12.6. The highest BCUT2D eigenvalue weighted by atomic mass is 16.5. The standard InChI is InChI=1S/C17H19N3O/c1-4-8-14-19-15-11(2)12(3)18-17(16(15)20-14)21-13-9-6-5-7-10-13/h5-7,9-10H,4,8H2,1-3H3,(H,19,20). The Morgan fingerprint density at radius 1 is 1.10 bits per heavy atom. The molecule has 0 spiro atoms. The third kappa shape index (κ3) is 2.61. The van der Waals surface area contributed by atoms with Gasteiger partial charge >= 0.3 is 0 Å². The Hall–Kier alpha value is -2.36. The van der Waals surface area contributed by atoms with Crippen LogP contribution >= 0.6 is 0 Å². The number of nitrogens with zero attached hydrogens (tertiary/aromatic N) is 2. The molecule has 108 valence electrons. The lowest BCUT2D eigenvalue weighted by molar-refractivity contribution is 0.466. The summed E-state index contributed by atoms with van der Waals surface area (Å²) in [6.45, 7) is 6.18. The third-order valence-corrected chi connectivity index (χ3v) is 3.58. The molecule has 0 aliphatic heterocycles. The van der Waals surface area contributed by atoms with Gasteiger partial charge in [0.05, 0.1) is 5.52 Å². The fourth-order valence-electron chi connectivity index (χ4n) is 2.34. The van der Waals surface area contributed by atoms with Crippen LogP contribution in [0.25, 0.3) is 11.0 Å². The molecule has 3 aromatic rings. The van der Waals surface area contributed by atoms with Gasteiger partial charge in [0.15, 0.2) is 0 Å².